The van der Waals surface area contributed by atoms with Crippen LogP contribution < -0.4 is 15.0 Å². The van der Waals surface area contributed by atoms with Gasteiger partial charge in [0.05, 0.1) is 26.4 Å². The van der Waals surface area contributed by atoms with E-state index in [1.807, 2.05) is 12.1 Å². The molecule has 0 bridgehead atoms. The number of methoxy groups -OCH3 is 1. The maximum Gasteiger partial charge on any atom is 0.119 e. The molecular weight excluding hydrogens is 312 g/mol. The number of benzene rings is 2. The van der Waals surface area contributed by atoms with E-state index in [4.69, 9.17) is 9.47 Å². The van der Waals surface area contributed by atoms with Crippen LogP contribution in [0, 0.1) is 6.92 Å². The van der Waals surface area contributed by atoms with E-state index < -0.39 is 0 Å². The first kappa shape index (κ1) is 17.8. The van der Waals surface area contributed by atoms with E-state index in [9.17, 15) is 0 Å². The number of anilines is 1. The number of nitrogens with one attached hydrogen (secondary N) is 1. The second-order valence-electron chi connectivity index (χ2n) is 6.66. The molecular formula is C21H28N2O2. The maximum atomic E-state index is 5.73. The first-order valence-corrected chi connectivity index (χ1v) is 8.96. The summed E-state index contributed by atoms with van der Waals surface area (Å²) >= 11 is 0. The number of hydrogen-bond acceptors (Lipinski definition) is 4. The zero-order valence-electron chi connectivity index (χ0n) is 15.4. The Labute approximate surface area is 150 Å². The number of rotatable bonds is 6. The molecule has 0 saturated carbocycles. The molecule has 0 radical (unpaired) electrons. The number of nitrogens with zero attached hydrogens (tertiary/aromatic N) is 1. The molecule has 2 atom stereocenters. The zero-order chi connectivity index (χ0) is 17.6. The molecule has 0 amide bonds. The summed E-state index contributed by atoms with van der Waals surface area (Å²) in [5.74, 6) is 0.897. The topological polar surface area (TPSA) is 33.7 Å². The van der Waals surface area contributed by atoms with Crippen LogP contribution in [0.5, 0.6) is 5.75 Å². The van der Waals surface area contributed by atoms with Crippen LogP contribution in [0.4, 0.5) is 5.69 Å². The summed E-state index contributed by atoms with van der Waals surface area (Å²) in [5.41, 5.74) is 3.80. The molecule has 0 aliphatic carbocycles. The van der Waals surface area contributed by atoms with Crippen molar-refractivity contribution in [3.05, 3.63) is 59.7 Å². The minimum absolute atomic E-state index is 0.261. The minimum Gasteiger partial charge on any atom is -0.497 e. The standard InChI is InChI=1S/C21H28N2O2/c1-16-7-9-19(10-8-16)23-11-12-25-15-20(23)14-22-17(2)18-5-4-6-21(13-18)24-3/h4-10,13,17,20,22H,11-12,14-15H2,1-3H3/t17-,20?/m1/s1. The Balaban J connectivity index is 1.64. The van der Waals surface area contributed by atoms with Gasteiger partial charge in [0.25, 0.3) is 0 Å². The summed E-state index contributed by atoms with van der Waals surface area (Å²) in [6.45, 7) is 7.67. The molecule has 1 N–H and O–H groups in total. The molecule has 1 saturated heterocycles. The van der Waals surface area contributed by atoms with Crippen molar-refractivity contribution in [3.63, 3.8) is 0 Å². The lowest BCUT2D eigenvalue weighted by Crippen LogP contribution is -2.50. The molecule has 1 aliphatic rings. The van der Waals surface area contributed by atoms with Gasteiger partial charge in [-0.1, -0.05) is 29.8 Å². The second-order valence-corrected chi connectivity index (χ2v) is 6.66. The summed E-state index contributed by atoms with van der Waals surface area (Å²) in [4.78, 5) is 2.45. The highest BCUT2D eigenvalue weighted by atomic mass is 16.5. The van der Waals surface area contributed by atoms with Crippen molar-refractivity contribution in [1.82, 2.24) is 5.32 Å². The van der Waals surface area contributed by atoms with Crippen LogP contribution in [0.15, 0.2) is 48.5 Å². The quantitative estimate of drug-likeness (QED) is 0.872. The molecule has 0 aromatic heterocycles. The third-order valence-electron chi connectivity index (χ3n) is 4.85. The summed E-state index contributed by atoms with van der Waals surface area (Å²) < 4.78 is 11.1. The average molecular weight is 340 g/mol. The van der Waals surface area contributed by atoms with Crippen LogP contribution >= 0.6 is 0 Å². The Hall–Kier alpha value is -2.04. The van der Waals surface area contributed by atoms with Gasteiger partial charge in [-0.25, -0.2) is 0 Å². The van der Waals surface area contributed by atoms with E-state index in [0.29, 0.717) is 6.04 Å². The van der Waals surface area contributed by atoms with E-state index in [-0.39, 0.29) is 6.04 Å². The molecule has 4 nitrogen and oxygen atoms in total. The molecule has 1 unspecified atom stereocenters. The highest BCUT2D eigenvalue weighted by Gasteiger charge is 2.23. The minimum atomic E-state index is 0.261. The first-order chi connectivity index (χ1) is 12.2. The molecule has 0 spiro atoms. The lowest BCUT2D eigenvalue weighted by molar-refractivity contribution is 0.0930. The predicted octanol–water partition coefficient (Wildman–Crippen LogP) is 3.56. The van der Waals surface area contributed by atoms with Gasteiger partial charge >= 0.3 is 0 Å². The summed E-state index contributed by atoms with van der Waals surface area (Å²) in [6, 6.07) is 17.6. The Morgan fingerprint density at radius 1 is 1.24 bits per heavy atom. The molecule has 134 valence electrons. The first-order valence-electron chi connectivity index (χ1n) is 8.96. The molecule has 2 aromatic carbocycles. The van der Waals surface area contributed by atoms with Crippen LogP contribution in [0.1, 0.15) is 24.1 Å². The fourth-order valence-corrected chi connectivity index (χ4v) is 3.24. The van der Waals surface area contributed by atoms with Gasteiger partial charge in [0.2, 0.25) is 0 Å². The van der Waals surface area contributed by atoms with Crippen LogP contribution in [-0.2, 0) is 4.74 Å². The third-order valence-corrected chi connectivity index (χ3v) is 4.85. The van der Waals surface area contributed by atoms with Crippen molar-refractivity contribution in [2.45, 2.75) is 25.9 Å². The van der Waals surface area contributed by atoms with E-state index in [0.717, 1.165) is 32.1 Å². The van der Waals surface area contributed by atoms with Gasteiger partial charge in [-0.2, -0.15) is 0 Å². The van der Waals surface area contributed by atoms with Gasteiger partial charge in [0.15, 0.2) is 0 Å². The second kappa shape index (κ2) is 8.37. The highest BCUT2D eigenvalue weighted by molar-refractivity contribution is 5.49. The van der Waals surface area contributed by atoms with E-state index in [1.54, 1.807) is 7.11 Å². The molecule has 1 fully saturated rings. The predicted molar refractivity (Wildman–Crippen MR) is 103 cm³/mol. The van der Waals surface area contributed by atoms with Gasteiger partial charge in [0.1, 0.15) is 5.75 Å². The fraction of sp³-hybridized carbons (Fsp3) is 0.429. The van der Waals surface area contributed by atoms with Gasteiger partial charge in [-0.15, -0.1) is 0 Å². The monoisotopic (exact) mass is 340 g/mol. The Kier molecular flexibility index (Phi) is 5.95. The van der Waals surface area contributed by atoms with E-state index >= 15 is 0 Å². The number of morpholine rings is 1. The van der Waals surface area contributed by atoms with E-state index in [1.165, 1.54) is 16.8 Å². The van der Waals surface area contributed by atoms with Crippen molar-refractivity contribution < 1.29 is 9.47 Å². The molecule has 4 heteroatoms. The van der Waals surface area contributed by atoms with Crippen molar-refractivity contribution in [1.29, 1.82) is 0 Å². The van der Waals surface area contributed by atoms with Gasteiger partial charge < -0.3 is 19.7 Å². The summed E-state index contributed by atoms with van der Waals surface area (Å²) in [7, 11) is 1.70. The van der Waals surface area contributed by atoms with Gasteiger partial charge in [0, 0.05) is 24.8 Å². The lowest BCUT2D eigenvalue weighted by Gasteiger charge is -2.38. The Morgan fingerprint density at radius 3 is 2.80 bits per heavy atom. The normalized spacial score (nSPS) is 18.8. The molecule has 1 heterocycles. The van der Waals surface area contributed by atoms with Crippen molar-refractivity contribution >= 4 is 5.69 Å². The number of hydrogen-bond donors (Lipinski definition) is 1. The highest BCUT2D eigenvalue weighted by Crippen LogP contribution is 2.22. The Morgan fingerprint density at radius 2 is 2.04 bits per heavy atom. The SMILES string of the molecule is COc1cccc([C@@H](C)NCC2COCCN2c2ccc(C)cc2)c1. The van der Waals surface area contributed by atoms with Crippen molar-refractivity contribution in [2.75, 3.05) is 38.3 Å². The molecule has 2 aromatic rings. The van der Waals surface area contributed by atoms with Crippen molar-refractivity contribution in [3.8, 4) is 5.75 Å². The third kappa shape index (κ3) is 4.53. The fourth-order valence-electron chi connectivity index (χ4n) is 3.24. The summed E-state index contributed by atoms with van der Waals surface area (Å²) in [6.07, 6.45) is 0. The molecule has 1 aliphatic heterocycles. The van der Waals surface area contributed by atoms with E-state index in [2.05, 4.69) is 60.5 Å². The maximum absolute atomic E-state index is 5.73. The smallest absolute Gasteiger partial charge is 0.119 e. The largest absolute Gasteiger partial charge is 0.497 e. The van der Waals surface area contributed by atoms with Crippen LogP contribution in [0.3, 0.4) is 0 Å². The number of ether oxygens (including phenoxy) is 2. The van der Waals surface area contributed by atoms with Crippen molar-refractivity contribution in [2.24, 2.45) is 0 Å². The van der Waals surface area contributed by atoms with Crippen LogP contribution in [0.2, 0.25) is 0 Å². The van der Waals surface area contributed by atoms with Crippen LogP contribution in [-0.4, -0.2) is 39.5 Å². The number of aryl methyl sites for hydroxylation is 1. The molecule has 25 heavy (non-hydrogen) atoms. The summed E-state index contributed by atoms with van der Waals surface area (Å²) in [5, 5.41) is 3.65. The zero-order valence-corrected chi connectivity index (χ0v) is 15.4. The van der Waals surface area contributed by atoms with Gasteiger partial charge in [-0.05, 0) is 43.7 Å². The average Bonchev–Trinajstić information content (AvgIpc) is 2.67. The molecule has 3 rings (SSSR count). The van der Waals surface area contributed by atoms with Gasteiger partial charge in [-0.3, -0.25) is 0 Å². The van der Waals surface area contributed by atoms with Crippen LogP contribution in [0.25, 0.3) is 0 Å². The Bertz CT molecular complexity index is 672. The lowest BCUT2D eigenvalue weighted by atomic mass is 10.1.